The zero-order valence-corrected chi connectivity index (χ0v) is 80.1. The van der Waals surface area contributed by atoms with Gasteiger partial charge in [0.05, 0.1) is 75.3 Å². The van der Waals surface area contributed by atoms with E-state index in [0.29, 0.717) is 72.7 Å². The number of amides is 5. The predicted molar refractivity (Wildman–Crippen MR) is 529 cm³/mol. The summed E-state index contributed by atoms with van der Waals surface area (Å²) in [6.45, 7) is 13.2. The van der Waals surface area contributed by atoms with Crippen molar-refractivity contribution in [1.82, 2.24) is 26.6 Å². The molecule has 5 aliphatic rings. The first-order chi connectivity index (χ1) is 60.2. The highest BCUT2D eigenvalue weighted by Gasteiger charge is 2.29. The van der Waals surface area contributed by atoms with Crippen LogP contribution in [0.25, 0.3) is 30.4 Å². The number of carboxylic acid groups (broad SMARTS) is 3. The number of aliphatic carboxylic acids is 3. The average molecular weight is 2130 g/mol. The third-order valence-corrected chi connectivity index (χ3v) is 23.5. The van der Waals surface area contributed by atoms with Crippen LogP contribution < -0.4 is 26.6 Å². The highest BCUT2D eigenvalue weighted by Crippen LogP contribution is 2.38. The van der Waals surface area contributed by atoms with Crippen LogP contribution in [0.15, 0.2) is 284 Å². The highest BCUT2D eigenvalue weighted by molar-refractivity contribution is 9.11. The molecule has 5 heterocycles. The molecule has 10 aromatic rings. The van der Waals surface area contributed by atoms with Crippen molar-refractivity contribution in [2.24, 2.45) is 25.0 Å². The molecular weight excluding hydrogens is 2050 g/mol. The summed E-state index contributed by atoms with van der Waals surface area (Å²) in [5.41, 5.74) is 13.7. The smallest absolute Gasteiger partial charge is 0.300 e. The molecule has 13 N–H and O–H groups in total. The molecule has 5 amide bonds. The number of hydrogen-bond donors (Lipinski definition) is 13. The maximum Gasteiger partial charge on any atom is 0.300 e. The predicted octanol–water partition coefficient (Wildman–Crippen LogP) is 22.0. The Bertz CT molecular complexity index is 5380. The Morgan fingerprint density at radius 1 is 0.268 bits per heavy atom. The van der Waals surface area contributed by atoms with E-state index < -0.39 is 17.9 Å². The summed E-state index contributed by atoms with van der Waals surface area (Å²) in [6.07, 6.45) is 8.83. The Labute approximate surface area is 793 Å². The maximum atomic E-state index is 12.1. The highest BCUT2D eigenvalue weighted by atomic mass is 79.9. The van der Waals surface area contributed by atoms with Gasteiger partial charge in [0.1, 0.15) is 28.7 Å². The Kier molecular flexibility index (Phi) is 39.1. The van der Waals surface area contributed by atoms with Gasteiger partial charge in [-0.25, -0.2) is 25.0 Å². The number of aryl methyl sites for hydroxylation is 5. The normalized spacial score (nSPS) is 16.7. The summed E-state index contributed by atoms with van der Waals surface area (Å²) < 4.78 is 2.93. The molecule has 5 fully saturated rings. The number of nitrogens with zero attached hydrogens (tertiary/aromatic N) is 5. The quantitative estimate of drug-likeness (QED) is 0.0566. The van der Waals surface area contributed by atoms with Crippen LogP contribution in [0.5, 0.6) is 28.7 Å². The number of carboxylic acids is 3. The molecule has 127 heavy (non-hydrogen) atoms. The third kappa shape index (κ3) is 34.8. The topological polar surface area (TPSA) is 420 Å². The van der Waals surface area contributed by atoms with Crippen LogP contribution in [0, 0.1) is 34.6 Å². The van der Waals surface area contributed by atoms with Crippen molar-refractivity contribution in [3.8, 4) is 28.7 Å². The second-order valence-electron chi connectivity index (χ2n) is 26.7. The molecule has 5 aliphatic heterocycles. The molecule has 0 aromatic heterocycles. The fraction of sp³-hybridized carbons (Fsp3) is 0.0879. The number of phenolic OH excluding ortho intramolecular Hbond substituents is 5. The number of aromatic hydroxyl groups is 5. The van der Waals surface area contributed by atoms with Gasteiger partial charge in [-0.3, -0.25) is 38.4 Å². The second-order valence-corrected chi connectivity index (χ2v) is 36.1. The lowest BCUT2D eigenvalue weighted by atomic mass is 10.2. The van der Waals surface area contributed by atoms with Crippen molar-refractivity contribution < 1.29 is 79.2 Å². The summed E-state index contributed by atoms with van der Waals surface area (Å²) in [5, 5.41) is 86.4. The van der Waals surface area contributed by atoms with E-state index in [0.717, 1.165) is 105 Å². The minimum absolute atomic E-state index is 0.164. The van der Waals surface area contributed by atoms with Crippen molar-refractivity contribution in [1.29, 1.82) is 0 Å². The molecule has 0 radical (unpaired) electrons. The molecule has 5 saturated heterocycles. The SMILES string of the molecule is CC(=O)O.CC(=O)O.CC(=O)O.Cc1cccc(N=C2NC(=O)/C(=C\c3ccc(O)c(Br)c3)S2)c1.Cc1cccc(N=C2NC(=O)/C(=C\c3ccc(O)c(Br)c3)S2)c1.Cc1cccc(N=C2NC(=O)/C(=C\c3ccc(O)c(Br)c3)S2)c1.Cc1cccc(N=C2NC(=O)/C(=C\c3ccc(O)c(Br)c3)S2)c1.Cc1cccc(N=C2NC(=O)/C(=C\c3ccc(O)c(Br)c3)S2)c1. The average Bonchev–Trinajstić information content (AvgIpc) is 1.71. The van der Waals surface area contributed by atoms with E-state index in [1.165, 1.54) is 58.8 Å². The summed E-state index contributed by atoms with van der Waals surface area (Å²) in [6, 6.07) is 64.3. The van der Waals surface area contributed by atoms with Gasteiger partial charge in [0.25, 0.3) is 47.4 Å². The maximum absolute atomic E-state index is 12.1. The van der Waals surface area contributed by atoms with Crippen molar-refractivity contribution in [2.45, 2.75) is 55.4 Å². The van der Waals surface area contributed by atoms with E-state index in [2.05, 4.69) is 131 Å². The summed E-state index contributed by atoms with van der Waals surface area (Å²) in [7, 11) is 0. The van der Waals surface area contributed by atoms with E-state index in [-0.39, 0.29) is 58.3 Å². The number of carbonyl (C=O) groups excluding carboxylic acids is 5. The van der Waals surface area contributed by atoms with Crippen LogP contribution in [0.2, 0.25) is 0 Å². The van der Waals surface area contributed by atoms with Gasteiger partial charge in [-0.15, -0.1) is 0 Å². The largest absolute Gasteiger partial charge is 0.507 e. The van der Waals surface area contributed by atoms with Gasteiger partial charge >= 0.3 is 0 Å². The fourth-order valence-electron chi connectivity index (χ4n) is 10.3. The Hall–Kier alpha value is -11.8. The number of phenols is 5. The minimum Gasteiger partial charge on any atom is -0.507 e. The number of rotatable bonds is 10. The zero-order chi connectivity index (χ0) is 92.7. The molecule has 0 aliphatic carbocycles. The lowest BCUT2D eigenvalue weighted by Gasteiger charge is -1.99. The molecule has 10 aromatic carbocycles. The molecule has 0 saturated carbocycles. The van der Waals surface area contributed by atoms with E-state index >= 15 is 0 Å². The van der Waals surface area contributed by atoms with Gasteiger partial charge in [0.15, 0.2) is 25.8 Å². The van der Waals surface area contributed by atoms with E-state index in [1.54, 1.807) is 121 Å². The Morgan fingerprint density at radius 3 is 0.551 bits per heavy atom. The van der Waals surface area contributed by atoms with Crippen molar-refractivity contribution in [2.75, 3.05) is 0 Å². The molecule has 0 bridgehead atoms. The van der Waals surface area contributed by atoms with E-state index in [4.69, 9.17) is 29.7 Å². The van der Waals surface area contributed by atoms with Crippen LogP contribution >= 0.6 is 138 Å². The molecule has 36 heteroatoms. The molecule has 26 nitrogen and oxygen atoms in total. The summed E-state index contributed by atoms with van der Waals surface area (Å²) in [5.74, 6) is -2.56. The van der Waals surface area contributed by atoms with E-state index in [9.17, 15) is 49.5 Å². The molecule has 0 atom stereocenters. The summed E-state index contributed by atoms with van der Waals surface area (Å²) in [4.78, 5) is 112. The first-order valence-electron chi connectivity index (χ1n) is 37.1. The van der Waals surface area contributed by atoms with Crippen LogP contribution in [0.4, 0.5) is 28.4 Å². The van der Waals surface area contributed by atoms with Crippen molar-refractivity contribution >= 4 is 271 Å². The standard InChI is InChI=1S/5C17H13BrN2O2S.3C2H4O2/c5*1-10-3-2-4-12(7-10)19-17-20-16(22)15(23-17)9-11-5-6-14(21)13(18)8-11;3*1-2(3)4/h5*2-9,21H,1H3,(H,19,20,22);3*1H3,(H,3,4)/b5*15-9+;;;. The fourth-order valence-corrected chi connectivity index (χ4v) is 16.5. The molecular formula is C91H77Br5N10O16S5. The van der Waals surface area contributed by atoms with Crippen LogP contribution in [-0.4, -0.2) is 114 Å². The van der Waals surface area contributed by atoms with Crippen LogP contribution in [0.1, 0.15) is 76.4 Å². The first kappa shape index (κ1) is 101. The summed E-state index contributed by atoms with van der Waals surface area (Å²) >= 11 is 22.8. The second kappa shape index (κ2) is 49.3. The number of nitrogens with one attached hydrogen (secondary N) is 5. The number of hydrogen-bond acceptors (Lipinski definition) is 23. The van der Waals surface area contributed by atoms with Gasteiger partial charge in [-0.2, -0.15) is 0 Å². The number of benzene rings is 10. The molecule has 15 rings (SSSR count). The molecule has 0 spiro atoms. The number of carbonyl (C=O) groups is 8. The molecule has 652 valence electrons. The zero-order valence-electron chi connectivity index (χ0n) is 68.1. The van der Waals surface area contributed by atoms with Gasteiger partial charge in [0, 0.05) is 20.8 Å². The number of aliphatic imine (C=N–C) groups is 5. The van der Waals surface area contributed by atoms with Gasteiger partial charge in [-0.1, -0.05) is 91.0 Å². The lowest BCUT2D eigenvalue weighted by molar-refractivity contribution is -0.135. The van der Waals surface area contributed by atoms with Gasteiger partial charge < -0.3 is 67.4 Å². The third-order valence-electron chi connectivity index (χ3n) is 15.8. The number of amidine groups is 5. The van der Waals surface area contributed by atoms with Crippen molar-refractivity contribution in [3.63, 3.8) is 0 Å². The van der Waals surface area contributed by atoms with Crippen LogP contribution in [0.3, 0.4) is 0 Å². The number of thioether (sulfide) groups is 5. The molecule has 0 unspecified atom stereocenters. The van der Waals surface area contributed by atoms with Gasteiger partial charge in [0.2, 0.25) is 0 Å². The Balaban J connectivity index is 0.000000190. The van der Waals surface area contributed by atoms with Crippen LogP contribution in [-0.2, 0) is 38.4 Å². The first-order valence-corrected chi connectivity index (χ1v) is 45.1. The minimum atomic E-state index is -0.833. The lowest BCUT2D eigenvalue weighted by Crippen LogP contribution is -2.19. The van der Waals surface area contributed by atoms with E-state index in [1.807, 2.05) is 156 Å². The number of halogens is 5. The monoisotopic (exact) mass is 2120 g/mol. The van der Waals surface area contributed by atoms with Gasteiger partial charge in [-0.05, 0) is 380 Å². The Morgan fingerprint density at radius 2 is 0.417 bits per heavy atom. The van der Waals surface area contributed by atoms with Crippen molar-refractivity contribution in [3.05, 3.63) is 315 Å².